The number of allylic oxidation sites excluding steroid dienone is 4. The van der Waals surface area contributed by atoms with Gasteiger partial charge < -0.3 is 9.32 Å². The molecule has 1 heterocycles. The molecule has 0 saturated heterocycles. The van der Waals surface area contributed by atoms with E-state index < -0.39 is 0 Å². The van der Waals surface area contributed by atoms with Crippen molar-refractivity contribution in [3.8, 4) is 33.4 Å². The maximum absolute atomic E-state index is 6.20. The van der Waals surface area contributed by atoms with E-state index >= 15 is 0 Å². The molecule has 0 N–H and O–H groups in total. The molecule has 1 aliphatic rings. The number of furan rings is 1. The van der Waals surface area contributed by atoms with Crippen LogP contribution in [0.25, 0.3) is 71.7 Å². The molecule has 2 nitrogen and oxygen atoms in total. The van der Waals surface area contributed by atoms with Crippen molar-refractivity contribution >= 4 is 55.3 Å². The Morgan fingerprint density at radius 2 is 1.11 bits per heavy atom. The molecule has 0 saturated carbocycles. The summed E-state index contributed by atoms with van der Waals surface area (Å²) in [5, 5.41) is 4.73. The molecule has 0 amide bonds. The highest BCUT2D eigenvalue weighted by atomic mass is 16.3. The maximum atomic E-state index is 6.20. The fraction of sp³-hybridized carbons (Fsp3) is 0.0385. The summed E-state index contributed by atoms with van der Waals surface area (Å²) in [6.45, 7) is 0. The van der Waals surface area contributed by atoms with Crippen LogP contribution in [0.4, 0.5) is 17.1 Å². The van der Waals surface area contributed by atoms with Crippen molar-refractivity contribution in [2.45, 2.75) is 12.8 Å². The molecular formula is C52H37NO. The Kier molecular flexibility index (Phi) is 8.00. The lowest BCUT2D eigenvalue weighted by molar-refractivity contribution is 0.669. The monoisotopic (exact) mass is 691 g/mol. The number of hydrogen-bond donors (Lipinski definition) is 0. The summed E-state index contributed by atoms with van der Waals surface area (Å²) in [4.78, 5) is 2.47. The highest BCUT2D eigenvalue weighted by Crippen LogP contribution is 2.46. The molecule has 0 spiro atoms. The van der Waals surface area contributed by atoms with Gasteiger partial charge in [-0.05, 0) is 106 Å². The van der Waals surface area contributed by atoms with Gasteiger partial charge in [0, 0.05) is 27.6 Å². The molecule has 2 heteroatoms. The zero-order valence-electron chi connectivity index (χ0n) is 29.8. The first-order valence-corrected chi connectivity index (χ1v) is 18.7. The number of benzene rings is 8. The van der Waals surface area contributed by atoms with Gasteiger partial charge in [0.1, 0.15) is 11.2 Å². The lowest BCUT2D eigenvalue weighted by atomic mass is 9.93. The Hall–Kier alpha value is -6.90. The highest BCUT2D eigenvalue weighted by molar-refractivity contribution is 6.06. The molecular weight excluding hydrogens is 655 g/mol. The Morgan fingerprint density at radius 1 is 0.407 bits per heavy atom. The molecule has 0 bridgehead atoms. The van der Waals surface area contributed by atoms with Crippen molar-refractivity contribution < 1.29 is 4.42 Å². The Morgan fingerprint density at radius 3 is 2.02 bits per heavy atom. The van der Waals surface area contributed by atoms with Crippen LogP contribution >= 0.6 is 0 Å². The first kappa shape index (κ1) is 31.8. The SMILES string of the molecule is C1=CC(c2ccccc2N(c2cccc(-c3ccc4oc5ccccc5c4c3)c2)c2cc(-c3ccc4ccccc4c3)ccc2-c2ccccc2)=CCC1. The fourth-order valence-corrected chi connectivity index (χ4v) is 7.99. The van der Waals surface area contributed by atoms with E-state index in [4.69, 9.17) is 4.42 Å². The van der Waals surface area contributed by atoms with Crippen molar-refractivity contribution in [3.63, 3.8) is 0 Å². The second-order valence-electron chi connectivity index (χ2n) is 14.0. The summed E-state index contributed by atoms with van der Waals surface area (Å²) in [5.74, 6) is 0. The number of para-hydroxylation sites is 2. The summed E-state index contributed by atoms with van der Waals surface area (Å²) in [5.41, 5.74) is 14.6. The predicted octanol–water partition coefficient (Wildman–Crippen LogP) is 14.9. The van der Waals surface area contributed by atoms with Crippen LogP contribution in [-0.4, -0.2) is 0 Å². The quantitative estimate of drug-likeness (QED) is 0.165. The molecule has 1 aliphatic carbocycles. The van der Waals surface area contributed by atoms with E-state index in [9.17, 15) is 0 Å². The Balaban J connectivity index is 1.21. The van der Waals surface area contributed by atoms with Gasteiger partial charge in [-0.15, -0.1) is 0 Å². The van der Waals surface area contributed by atoms with Crippen LogP contribution in [0.15, 0.2) is 205 Å². The largest absolute Gasteiger partial charge is 0.456 e. The molecule has 8 aromatic carbocycles. The normalized spacial score (nSPS) is 12.7. The molecule has 9 aromatic rings. The van der Waals surface area contributed by atoms with E-state index in [-0.39, 0.29) is 0 Å². The van der Waals surface area contributed by atoms with Crippen molar-refractivity contribution in [2.75, 3.05) is 4.90 Å². The molecule has 256 valence electrons. The van der Waals surface area contributed by atoms with Gasteiger partial charge in [0.15, 0.2) is 0 Å². The van der Waals surface area contributed by atoms with E-state index in [2.05, 4.69) is 193 Å². The van der Waals surface area contributed by atoms with Gasteiger partial charge in [-0.25, -0.2) is 0 Å². The minimum Gasteiger partial charge on any atom is -0.456 e. The van der Waals surface area contributed by atoms with Gasteiger partial charge in [-0.1, -0.05) is 152 Å². The summed E-state index contributed by atoms with van der Waals surface area (Å²) in [6, 6.07) is 65.8. The highest BCUT2D eigenvalue weighted by Gasteiger charge is 2.22. The fourth-order valence-electron chi connectivity index (χ4n) is 7.99. The lowest BCUT2D eigenvalue weighted by Crippen LogP contribution is -2.13. The molecule has 54 heavy (non-hydrogen) atoms. The van der Waals surface area contributed by atoms with Crippen LogP contribution in [0.3, 0.4) is 0 Å². The van der Waals surface area contributed by atoms with E-state index in [1.807, 2.05) is 12.1 Å². The summed E-state index contributed by atoms with van der Waals surface area (Å²) in [6.07, 6.45) is 9.06. The van der Waals surface area contributed by atoms with Crippen LogP contribution in [0, 0.1) is 0 Å². The minimum atomic E-state index is 0.901. The molecule has 1 aromatic heterocycles. The third-order valence-electron chi connectivity index (χ3n) is 10.7. The van der Waals surface area contributed by atoms with E-state index in [0.29, 0.717) is 0 Å². The van der Waals surface area contributed by atoms with Gasteiger partial charge in [0.05, 0.1) is 11.4 Å². The number of fused-ring (bicyclic) bond motifs is 4. The van der Waals surface area contributed by atoms with Gasteiger partial charge in [0.25, 0.3) is 0 Å². The minimum absolute atomic E-state index is 0.901. The first-order valence-electron chi connectivity index (χ1n) is 18.7. The average molecular weight is 692 g/mol. The predicted molar refractivity (Wildman–Crippen MR) is 229 cm³/mol. The first-order chi connectivity index (χ1) is 26.8. The smallest absolute Gasteiger partial charge is 0.135 e. The van der Waals surface area contributed by atoms with Gasteiger partial charge in [-0.3, -0.25) is 0 Å². The molecule has 0 unspecified atom stereocenters. The Labute approximate surface area is 315 Å². The summed E-state index contributed by atoms with van der Waals surface area (Å²) in [7, 11) is 0. The second kappa shape index (κ2) is 13.6. The van der Waals surface area contributed by atoms with Gasteiger partial charge >= 0.3 is 0 Å². The standard InChI is InChI=1S/C52H37NO/c1-3-15-37(16-4-1)45-22-9-11-24-49(45)53(44-21-13-20-40(33-44)42-29-31-52-48(34-42)47-23-10-12-25-51(47)54-52)50-35-43(28-30-46(50)38-17-5-2-6-18-38)41-27-26-36-14-7-8-19-39(36)32-41/h2-3,5-35H,1,4H2. The van der Waals surface area contributed by atoms with Crippen LogP contribution in [0.5, 0.6) is 0 Å². The van der Waals surface area contributed by atoms with Crippen LogP contribution in [0.1, 0.15) is 18.4 Å². The number of nitrogens with zero attached hydrogens (tertiary/aromatic N) is 1. The molecule has 0 fully saturated rings. The van der Waals surface area contributed by atoms with Crippen molar-refractivity contribution in [1.82, 2.24) is 0 Å². The summed E-state index contributed by atoms with van der Waals surface area (Å²) < 4.78 is 6.20. The lowest BCUT2D eigenvalue weighted by Gasteiger charge is -2.31. The van der Waals surface area contributed by atoms with Gasteiger partial charge in [-0.2, -0.15) is 0 Å². The van der Waals surface area contributed by atoms with Crippen molar-refractivity contribution in [1.29, 1.82) is 0 Å². The molecule has 0 radical (unpaired) electrons. The number of hydrogen-bond acceptors (Lipinski definition) is 2. The van der Waals surface area contributed by atoms with E-state index in [1.165, 1.54) is 44.2 Å². The molecule has 0 aliphatic heterocycles. The third-order valence-corrected chi connectivity index (χ3v) is 10.7. The van der Waals surface area contributed by atoms with Crippen molar-refractivity contribution in [3.05, 3.63) is 206 Å². The topological polar surface area (TPSA) is 16.4 Å². The second-order valence-corrected chi connectivity index (χ2v) is 14.0. The number of rotatable bonds is 7. The number of anilines is 3. The third kappa shape index (κ3) is 5.79. The van der Waals surface area contributed by atoms with Crippen LogP contribution in [-0.2, 0) is 0 Å². The zero-order chi connectivity index (χ0) is 35.8. The van der Waals surface area contributed by atoms with Crippen LogP contribution in [0.2, 0.25) is 0 Å². The zero-order valence-corrected chi connectivity index (χ0v) is 29.8. The summed E-state index contributed by atoms with van der Waals surface area (Å²) >= 11 is 0. The van der Waals surface area contributed by atoms with Crippen LogP contribution < -0.4 is 4.90 Å². The molecule has 10 rings (SSSR count). The molecule has 0 atom stereocenters. The maximum Gasteiger partial charge on any atom is 0.135 e. The van der Waals surface area contributed by atoms with Gasteiger partial charge in [0.2, 0.25) is 0 Å². The Bertz CT molecular complexity index is 2890. The average Bonchev–Trinajstić information content (AvgIpc) is 3.63. The van der Waals surface area contributed by atoms with E-state index in [1.54, 1.807) is 0 Å². The van der Waals surface area contributed by atoms with Crippen molar-refractivity contribution in [2.24, 2.45) is 0 Å². The van der Waals surface area contributed by atoms with E-state index in [0.717, 1.165) is 63.0 Å².